The molecule has 0 aromatic carbocycles. The Kier molecular flexibility index (Phi) is 4.75. The van der Waals surface area contributed by atoms with E-state index in [9.17, 15) is 9.59 Å². The molecule has 2 fully saturated rings. The first-order chi connectivity index (χ1) is 11.8. The molecule has 0 saturated carbocycles. The van der Waals surface area contributed by atoms with Crippen LogP contribution in [0, 0.1) is 5.92 Å². The van der Waals surface area contributed by atoms with Gasteiger partial charge in [0.05, 0.1) is 18.8 Å². The average molecular weight is 348 g/mol. The predicted molar refractivity (Wildman–Crippen MR) is 93.4 cm³/mol. The van der Waals surface area contributed by atoms with Gasteiger partial charge in [0.25, 0.3) is 5.91 Å². The van der Waals surface area contributed by atoms with Gasteiger partial charge >= 0.3 is 6.09 Å². The maximum absolute atomic E-state index is 13.1. The molecule has 1 aromatic rings. The van der Waals surface area contributed by atoms with Crippen LogP contribution in [-0.4, -0.2) is 63.9 Å². The van der Waals surface area contributed by atoms with Crippen LogP contribution < -0.4 is 0 Å². The number of piperidine rings is 1. The van der Waals surface area contributed by atoms with E-state index in [1.54, 1.807) is 16.6 Å². The third-order valence-corrected chi connectivity index (χ3v) is 4.93. The minimum Gasteiger partial charge on any atom is -0.439 e. The van der Waals surface area contributed by atoms with Crippen LogP contribution in [0.15, 0.2) is 6.07 Å². The molecular weight excluding hydrogens is 320 g/mol. The summed E-state index contributed by atoms with van der Waals surface area (Å²) in [5, 5.41) is 4.57. The Labute approximate surface area is 148 Å². The summed E-state index contributed by atoms with van der Waals surface area (Å²) in [4.78, 5) is 28.3. The molecule has 0 aliphatic carbocycles. The molecule has 0 N–H and O–H groups in total. The van der Waals surface area contributed by atoms with Crippen molar-refractivity contribution in [3.8, 4) is 0 Å². The zero-order valence-corrected chi connectivity index (χ0v) is 15.6. The monoisotopic (exact) mass is 348 g/mol. The zero-order chi connectivity index (χ0) is 18.2. The van der Waals surface area contributed by atoms with Gasteiger partial charge in [-0.25, -0.2) is 4.79 Å². The highest BCUT2D eigenvalue weighted by atomic mass is 16.6. The second kappa shape index (κ2) is 6.69. The van der Waals surface area contributed by atoms with Crippen molar-refractivity contribution >= 4 is 12.0 Å². The molecule has 3 rings (SSSR count). The molecular formula is C18H28N4O3. The molecule has 7 heteroatoms. The SMILES string of the molecule is CCn1nc(CC(C)C)cc1C(=O)N1CCC[C@]2(CN(C)C(=O)O2)C1. The quantitative estimate of drug-likeness (QED) is 0.836. The molecule has 0 unspecified atom stereocenters. The highest BCUT2D eigenvalue weighted by Crippen LogP contribution is 2.32. The Morgan fingerprint density at radius 2 is 2.16 bits per heavy atom. The van der Waals surface area contributed by atoms with Crippen molar-refractivity contribution in [2.75, 3.05) is 26.7 Å². The standard InChI is InChI=1S/C18H28N4O3/c1-5-22-15(10-14(19-22)9-13(2)3)16(23)21-8-6-7-18(12-21)11-20(4)17(24)25-18/h10,13H,5-9,11-12H2,1-4H3/t18-/m0/s1. The first-order valence-electron chi connectivity index (χ1n) is 9.13. The molecule has 0 bridgehead atoms. The number of amides is 2. The normalized spacial score (nSPS) is 23.6. The van der Waals surface area contributed by atoms with Crippen LogP contribution in [-0.2, 0) is 17.7 Å². The maximum atomic E-state index is 13.1. The Bertz CT molecular complexity index is 669. The number of nitrogens with zero attached hydrogens (tertiary/aromatic N) is 4. The van der Waals surface area contributed by atoms with E-state index in [1.165, 1.54) is 0 Å². The number of ether oxygens (including phenoxy) is 1. The summed E-state index contributed by atoms with van der Waals surface area (Å²) in [6, 6.07) is 1.92. The van der Waals surface area contributed by atoms with Gasteiger partial charge in [-0.05, 0) is 38.2 Å². The van der Waals surface area contributed by atoms with Gasteiger partial charge in [0.2, 0.25) is 0 Å². The Morgan fingerprint density at radius 1 is 1.40 bits per heavy atom. The summed E-state index contributed by atoms with van der Waals surface area (Å²) in [6.07, 6.45) is 2.21. The third kappa shape index (κ3) is 3.50. The fourth-order valence-corrected chi connectivity index (χ4v) is 3.84. The fraction of sp³-hybridized carbons (Fsp3) is 0.722. The van der Waals surface area contributed by atoms with Gasteiger partial charge in [-0.1, -0.05) is 13.8 Å². The van der Waals surface area contributed by atoms with Gasteiger partial charge in [-0.3, -0.25) is 9.48 Å². The van der Waals surface area contributed by atoms with Gasteiger partial charge in [-0.2, -0.15) is 5.10 Å². The van der Waals surface area contributed by atoms with Gasteiger partial charge in [-0.15, -0.1) is 0 Å². The van der Waals surface area contributed by atoms with E-state index >= 15 is 0 Å². The Balaban J connectivity index is 1.78. The number of carbonyl (C=O) groups excluding carboxylic acids is 2. The lowest BCUT2D eigenvalue weighted by Crippen LogP contribution is -2.52. The number of carbonyl (C=O) groups is 2. The smallest absolute Gasteiger partial charge is 0.410 e. The third-order valence-electron chi connectivity index (χ3n) is 4.93. The van der Waals surface area contributed by atoms with Crippen molar-refractivity contribution in [3.05, 3.63) is 17.5 Å². The van der Waals surface area contributed by atoms with E-state index in [4.69, 9.17) is 4.74 Å². The summed E-state index contributed by atoms with van der Waals surface area (Å²) < 4.78 is 7.39. The molecule has 1 spiro atoms. The molecule has 25 heavy (non-hydrogen) atoms. The molecule has 2 saturated heterocycles. The van der Waals surface area contributed by atoms with Crippen molar-refractivity contribution in [2.24, 2.45) is 5.92 Å². The van der Waals surface area contributed by atoms with E-state index in [0.29, 0.717) is 37.8 Å². The molecule has 3 heterocycles. The Morgan fingerprint density at radius 3 is 2.76 bits per heavy atom. The first-order valence-corrected chi connectivity index (χ1v) is 9.13. The summed E-state index contributed by atoms with van der Waals surface area (Å²) in [5.41, 5.74) is 1.03. The first kappa shape index (κ1) is 17.8. The highest BCUT2D eigenvalue weighted by molar-refractivity contribution is 5.93. The zero-order valence-electron chi connectivity index (χ0n) is 15.6. The largest absolute Gasteiger partial charge is 0.439 e. The average Bonchev–Trinajstić information content (AvgIpc) is 3.07. The number of rotatable bonds is 4. The minimum atomic E-state index is -0.558. The number of aromatic nitrogens is 2. The number of hydrogen-bond acceptors (Lipinski definition) is 4. The molecule has 2 aliphatic heterocycles. The number of likely N-dealkylation sites (tertiary alicyclic amines) is 1. The molecule has 2 aliphatic rings. The van der Waals surface area contributed by atoms with E-state index < -0.39 is 5.60 Å². The van der Waals surface area contributed by atoms with Crippen molar-refractivity contribution < 1.29 is 14.3 Å². The van der Waals surface area contributed by atoms with E-state index in [2.05, 4.69) is 18.9 Å². The topological polar surface area (TPSA) is 67.7 Å². The summed E-state index contributed by atoms with van der Waals surface area (Å²) in [5.74, 6) is 0.476. The second-order valence-corrected chi connectivity index (χ2v) is 7.67. The molecule has 1 atom stereocenters. The number of hydrogen-bond donors (Lipinski definition) is 0. The maximum Gasteiger partial charge on any atom is 0.410 e. The van der Waals surface area contributed by atoms with Crippen molar-refractivity contribution in [1.29, 1.82) is 0 Å². The minimum absolute atomic E-state index is 0.0194. The molecule has 2 amide bonds. The van der Waals surface area contributed by atoms with Gasteiger partial charge in [0.15, 0.2) is 0 Å². The lowest BCUT2D eigenvalue weighted by atomic mass is 9.92. The van der Waals surface area contributed by atoms with Gasteiger partial charge in [0, 0.05) is 20.1 Å². The van der Waals surface area contributed by atoms with E-state index in [-0.39, 0.29) is 12.0 Å². The van der Waals surface area contributed by atoms with Crippen LogP contribution in [0.5, 0.6) is 0 Å². The van der Waals surface area contributed by atoms with Crippen LogP contribution in [0.1, 0.15) is 49.8 Å². The summed E-state index contributed by atoms with van der Waals surface area (Å²) >= 11 is 0. The summed E-state index contributed by atoms with van der Waals surface area (Å²) in [6.45, 7) is 8.63. The molecule has 7 nitrogen and oxygen atoms in total. The van der Waals surface area contributed by atoms with Crippen LogP contribution in [0.4, 0.5) is 4.79 Å². The number of likely N-dealkylation sites (N-methyl/N-ethyl adjacent to an activating group) is 1. The van der Waals surface area contributed by atoms with Crippen LogP contribution in [0.25, 0.3) is 0 Å². The van der Waals surface area contributed by atoms with Crippen LogP contribution in [0.3, 0.4) is 0 Å². The van der Waals surface area contributed by atoms with Crippen molar-refractivity contribution in [2.45, 2.75) is 52.2 Å². The van der Waals surface area contributed by atoms with Gasteiger partial charge < -0.3 is 14.5 Å². The second-order valence-electron chi connectivity index (χ2n) is 7.67. The predicted octanol–water partition coefficient (Wildman–Crippen LogP) is 2.16. The van der Waals surface area contributed by atoms with Gasteiger partial charge in [0.1, 0.15) is 11.3 Å². The Hall–Kier alpha value is -2.05. The van der Waals surface area contributed by atoms with Crippen molar-refractivity contribution in [1.82, 2.24) is 19.6 Å². The number of aryl methyl sites for hydroxylation is 1. The molecule has 1 aromatic heterocycles. The molecule has 138 valence electrons. The lowest BCUT2D eigenvalue weighted by Gasteiger charge is -2.38. The fourth-order valence-electron chi connectivity index (χ4n) is 3.84. The molecule has 0 radical (unpaired) electrons. The van der Waals surface area contributed by atoms with Crippen LogP contribution in [0.2, 0.25) is 0 Å². The van der Waals surface area contributed by atoms with E-state index in [1.807, 2.05) is 17.9 Å². The van der Waals surface area contributed by atoms with Crippen molar-refractivity contribution in [3.63, 3.8) is 0 Å². The highest BCUT2D eigenvalue weighted by Gasteiger charge is 2.47. The van der Waals surface area contributed by atoms with Crippen LogP contribution >= 0.6 is 0 Å². The lowest BCUT2D eigenvalue weighted by molar-refractivity contribution is -0.00561. The van der Waals surface area contributed by atoms with E-state index in [0.717, 1.165) is 25.0 Å². The summed E-state index contributed by atoms with van der Waals surface area (Å²) in [7, 11) is 1.74.